The standard InChI is InChI=1S/2C21H17.C2H4.2ClH.Hf/c2*1-2-15-14-17-9-4-6-12-19(17)21(15)20-13-7-10-16-8-3-5-11-18(16)20;1-2;;;/h2*3-14H,2H2,1H3;1-2H2;2*1H;. The maximum absolute atomic E-state index is 3.08. The maximum Gasteiger partial charge on any atom is -0.147 e. The van der Waals surface area contributed by atoms with Crippen molar-refractivity contribution >= 4 is 57.5 Å². The Morgan fingerprint density at radius 1 is 0.447 bits per heavy atom. The molecule has 2 atom stereocenters. The van der Waals surface area contributed by atoms with Gasteiger partial charge in [-0.2, -0.15) is 0 Å². The molecule has 1 saturated heterocycles. The van der Waals surface area contributed by atoms with Gasteiger partial charge in [0.25, 0.3) is 0 Å². The van der Waals surface area contributed by atoms with Crippen LogP contribution in [0.4, 0.5) is 0 Å². The Kier molecular flexibility index (Phi) is 8.71. The predicted molar refractivity (Wildman–Crippen MR) is 203 cm³/mol. The molecule has 2 unspecified atom stereocenters. The summed E-state index contributed by atoms with van der Waals surface area (Å²) in [5, 5.41) is 5.45. The molecule has 1 heterocycles. The summed E-state index contributed by atoms with van der Waals surface area (Å²) in [5.41, 5.74) is 15.7. The van der Waals surface area contributed by atoms with Crippen molar-refractivity contribution in [2.45, 2.75) is 42.4 Å². The molecular formula is C44H40Cl2Hf. The van der Waals surface area contributed by atoms with Gasteiger partial charge in [-0.05, 0) is 0 Å². The van der Waals surface area contributed by atoms with E-state index in [-0.39, 0.29) is 24.8 Å². The molecule has 234 valence electrons. The van der Waals surface area contributed by atoms with Gasteiger partial charge in [0.1, 0.15) is 0 Å². The van der Waals surface area contributed by atoms with E-state index in [1.807, 2.05) is 0 Å². The number of rotatable bonds is 6. The molecule has 3 heteroatoms. The Morgan fingerprint density at radius 2 is 0.809 bits per heavy atom. The van der Waals surface area contributed by atoms with Crippen LogP contribution in [-0.2, 0) is 20.0 Å². The van der Waals surface area contributed by atoms with E-state index in [1.165, 1.54) is 52.2 Å². The van der Waals surface area contributed by atoms with Gasteiger partial charge in [-0.1, -0.05) is 0 Å². The predicted octanol–water partition coefficient (Wildman–Crippen LogP) is 13.1. The normalized spacial score (nSPS) is 18.9. The summed E-state index contributed by atoms with van der Waals surface area (Å²) in [6, 6.07) is 50.9. The van der Waals surface area contributed by atoms with Gasteiger partial charge in [0, 0.05) is 0 Å². The van der Waals surface area contributed by atoms with E-state index >= 15 is 0 Å². The zero-order chi connectivity index (χ0) is 30.1. The smallest absolute Gasteiger partial charge is 0.147 e. The minimum atomic E-state index is -3.08. The Morgan fingerprint density at radius 3 is 1.23 bits per heavy atom. The van der Waals surface area contributed by atoms with Crippen molar-refractivity contribution in [3.8, 4) is 0 Å². The fourth-order valence-corrected chi connectivity index (χ4v) is 38.1. The summed E-state index contributed by atoms with van der Waals surface area (Å²) in [4.78, 5) is 0. The first-order valence-corrected chi connectivity index (χ1v) is 26.1. The molecule has 6 aromatic rings. The van der Waals surface area contributed by atoms with Crippen LogP contribution >= 0.6 is 24.8 Å². The van der Waals surface area contributed by atoms with Crippen molar-refractivity contribution in [3.63, 3.8) is 0 Å². The fourth-order valence-electron chi connectivity index (χ4n) is 9.45. The van der Waals surface area contributed by atoms with Crippen LogP contribution in [0.15, 0.2) is 145 Å². The Balaban J connectivity index is 0.00000176. The van der Waals surface area contributed by atoms with Gasteiger partial charge in [0.15, 0.2) is 0 Å². The molecule has 1 fully saturated rings. The summed E-state index contributed by atoms with van der Waals surface area (Å²) in [6.07, 6.45) is 2.24. The van der Waals surface area contributed by atoms with Crippen LogP contribution in [0.25, 0.3) is 32.7 Å². The topological polar surface area (TPSA) is 0 Å². The molecule has 0 amide bonds. The first-order chi connectivity index (χ1) is 22.2. The molecule has 0 spiro atoms. The van der Waals surface area contributed by atoms with Gasteiger partial charge < -0.3 is 0 Å². The molecule has 6 aromatic carbocycles. The number of fused-ring (bicyclic) bond motifs is 4. The molecule has 3 aliphatic rings. The molecule has 2 aliphatic carbocycles. The molecule has 0 bridgehead atoms. The van der Waals surface area contributed by atoms with E-state index in [4.69, 9.17) is 0 Å². The Hall–Kier alpha value is -3.23. The van der Waals surface area contributed by atoms with E-state index in [2.05, 4.69) is 147 Å². The average Bonchev–Trinajstić information content (AvgIpc) is 3.71. The first-order valence-electron chi connectivity index (χ1n) is 16.9. The average molecular weight is 818 g/mol. The van der Waals surface area contributed by atoms with Crippen molar-refractivity contribution in [1.82, 2.24) is 0 Å². The van der Waals surface area contributed by atoms with Gasteiger partial charge in [-0.3, -0.25) is 0 Å². The second-order valence-electron chi connectivity index (χ2n) is 13.3. The number of halogens is 2. The van der Waals surface area contributed by atoms with E-state index < -0.39 is 20.0 Å². The van der Waals surface area contributed by atoms with Crippen LogP contribution in [0, 0.1) is 0 Å². The summed E-state index contributed by atoms with van der Waals surface area (Å²) in [5.74, 6) is 0. The number of hydrogen-bond donors (Lipinski definition) is 0. The van der Waals surface area contributed by atoms with Crippen molar-refractivity contribution in [2.75, 3.05) is 0 Å². The van der Waals surface area contributed by atoms with E-state index in [0.717, 1.165) is 12.8 Å². The Bertz CT molecular complexity index is 2050. The monoisotopic (exact) mass is 818 g/mol. The summed E-state index contributed by atoms with van der Waals surface area (Å²) < 4.78 is 4.26. The van der Waals surface area contributed by atoms with Crippen molar-refractivity contribution in [3.05, 3.63) is 178 Å². The molecule has 0 nitrogen and oxygen atoms in total. The van der Waals surface area contributed by atoms with Crippen molar-refractivity contribution in [1.29, 1.82) is 0 Å². The number of allylic oxidation sites excluding steroid dienone is 2. The molecular weight excluding hydrogens is 778 g/mol. The minimum Gasteiger partial charge on any atom is -0.147 e. The van der Waals surface area contributed by atoms with Crippen LogP contribution in [0.3, 0.4) is 0 Å². The summed E-state index contributed by atoms with van der Waals surface area (Å²) >= 11 is -3.08. The van der Waals surface area contributed by atoms with Gasteiger partial charge in [-0.25, -0.2) is 0 Å². The molecule has 0 saturated carbocycles. The molecule has 0 N–H and O–H groups in total. The van der Waals surface area contributed by atoms with Crippen LogP contribution in [0.5, 0.6) is 0 Å². The van der Waals surface area contributed by atoms with Crippen LogP contribution in [0.1, 0.15) is 67.4 Å². The van der Waals surface area contributed by atoms with Crippen LogP contribution in [0.2, 0.25) is 8.35 Å². The third-order valence-electron chi connectivity index (χ3n) is 11.3. The van der Waals surface area contributed by atoms with Crippen LogP contribution in [-0.4, -0.2) is 0 Å². The number of benzene rings is 6. The number of hydrogen-bond acceptors (Lipinski definition) is 0. The van der Waals surface area contributed by atoms with Gasteiger partial charge in [-0.15, -0.1) is 24.8 Å². The molecule has 0 radical (unpaired) electrons. The van der Waals surface area contributed by atoms with Gasteiger partial charge in [0.05, 0.1) is 0 Å². The second kappa shape index (κ2) is 12.7. The fraction of sp³-hybridized carbons (Fsp3) is 0.182. The van der Waals surface area contributed by atoms with E-state index in [9.17, 15) is 0 Å². The maximum atomic E-state index is 2.51. The third kappa shape index (κ3) is 4.79. The second-order valence-corrected chi connectivity index (χ2v) is 29.9. The quantitative estimate of drug-likeness (QED) is 0.147. The molecule has 1 aliphatic heterocycles. The van der Waals surface area contributed by atoms with Crippen molar-refractivity contribution in [2.24, 2.45) is 0 Å². The summed E-state index contributed by atoms with van der Waals surface area (Å²) in [6.45, 7) is 4.87. The first kappa shape index (κ1) is 32.3. The SMILES string of the molecule is CCC1=C(c2cccc3ccccc23)c2ccccc2[CH]1[Hf]1([CH]2C(CC)=C(c3cccc4ccccc34)c3ccccc32)[CH2][CH2]1.Cl.Cl. The zero-order valence-electron chi connectivity index (χ0n) is 27.0. The van der Waals surface area contributed by atoms with E-state index in [1.54, 1.807) is 33.4 Å². The van der Waals surface area contributed by atoms with Gasteiger partial charge >= 0.3 is 273 Å². The third-order valence-corrected chi connectivity index (χ3v) is 30.2. The minimum absolute atomic E-state index is 0. The summed E-state index contributed by atoms with van der Waals surface area (Å²) in [7, 11) is 0. The molecule has 47 heavy (non-hydrogen) atoms. The van der Waals surface area contributed by atoms with Gasteiger partial charge in [0.2, 0.25) is 0 Å². The van der Waals surface area contributed by atoms with Crippen molar-refractivity contribution < 1.29 is 20.0 Å². The zero-order valence-corrected chi connectivity index (χ0v) is 32.2. The molecule has 9 rings (SSSR count). The van der Waals surface area contributed by atoms with E-state index in [0.29, 0.717) is 7.35 Å². The molecule has 0 aromatic heterocycles. The largest absolute Gasteiger partial charge is 0.147 e. The Labute approximate surface area is 295 Å². The van der Waals surface area contributed by atoms with Crippen LogP contribution < -0.4 is 0 Å².